The molecule has 0 aliphatic rings. The van der Waals surface area contributed by atoms with Crippen LogP contribution in [0.2, 0.25) is 0 Å². The van der Waals surface area contributed by atoms with Crippen LogP contribution >= 0.6 is 0 Å². The summed E-state index contributed by atoms with van der Waals surface area (Å²) in [5.74, 6) is 0. The summed E-state index contributed by atoms with van der Waals surface area (Å²) in [4.78, 5) is 0. The van der Waals surface area contributed by atoms with Crippen LogP contribution < -0.4 is 0 Å². The first-order valence-electron chi connectivity index (χ1n) is 8.53. The molecular formula is C23H24N+. The predicted molar refractivity (Wildman–Crippen MR) is 102 cm³/mol. The first-order valence-corrected chi connectivity index (χ1v) is 8.53. The Morgan fingerprint density at radius 1 is 0.583 bits per heavy atom. The summed E-state index contributed by atoms with van der Waals surface area (Å²) in [7, 11) is 0. The van der Waals surface area contributed by atoms with Gasteiger partial charge in [0.15, 0.2) is 18.3 Å². The van der Waals surface area contributed by atoms with Gasteiger partial charge in [0.2, 0.25) is 0 Å². The second-order valence-corrected chi connectivity index (χ2v) is 6.16. The van der Waals surface area contributed by atoms with Gasteiger partial charge in [-0.15, -0.1) is 0 Å². The molecule has 1 nitrogen and oxygen atoms in total. The zero-order chi connectivity index (χ0) is 16.8. The van der Waals surface area contributed by atoms with Gasteiger partial charge in [0, 0.05) is 30.5 Å². The largest absolute Gasteiger partial charge is 0.222 e. The zero-order valence-electron chi connectivity index (χ0n) is 14.3. The maximum Gasteiger partial charge on any atom is 0.175 e. The molecular weight excluding hydrogens is 290 g/mol. The van der Waals surface area contributed by atoms with Crippen molar-refractivity contribution < 1.29 is 4.58 Å². The standard InChI is InChI=1S/C23H24N/c1-19(22-14-8-4-9-15-22)24(18-21-12-6-3-7-13-21)20(2)23-16-10-5-11-17-23/h3-20H,1-2H3/q+1/t19-,20-/m1/s1. The summed E-state index contributed by atoms with van der Waals surface area (Å²) in [6, 6.07) is 32.5. The lowest BCUT2D eigenvalue weighted by molar-refractivity contribution is -0.602. The van der Waals surface area contributed by atoms with E-state index in [1.54, 1.807) is 0 Å². The summed E-state index contributed by atoms with van der Waals surface area (Å²) < 4.78 is 2.44. The Bertz CT molecular complexity index is 729. The van der Waals surface area contributed by atoms with Crippen LogP contribution in [0.1, 0.15) is 42.6 Å². The SMILES string of the molecule is C[C@H](c1ccccc1)[N+](=Cc1ccccc1)[C@H](C)c1ccccc1. The summed E-state index contributed by atoms with van der Waals surface area (Å²) in [6.45, 7) is 4.54. The van der Waals surface area contributed by atoms with Crippen molar-refractivity contribution in [1.29, 1.82) is 0 Å². The molecule has 0 unspecified atom stereocenters. The van der Waals surface area contributed by atoms with Crippen molar-refractivity contribution in [1.82, 2.24) is 0 Å². The summed E-state index contributed by atoms with van der Waals surface area (Å²) >= 11 is 0. The van der Waals surface area contributed by atoms with Crippen molar-refractivity contribution in [3.8, 4) is 0 Å². The molecule has 0 fully saturated rings. The maximum atomic E-state index is 2.44. The highest BCUT2D eigenvalue weighted by molar-refractivity contribution is 5.75. The minimum absolute atomic E-state index is 0.293. The first kappa shape index (κ1) is 16.2. The van der Waals surface area contributed by atoms with E-state index in [0.717, 1.165) is 0 Å². The number of nitrogens with zero attached hydrogens (tertiary/aromatic N) is 1. The Kier molecular flexibility index (Phi) is 5.22. The van der Waals surface area contributed by atoms with Crippen LogP contribution in [0.5, 0.6) is 0 Å². The third-order valence-electron chi connectivity index (χ3n) is 4.56. The zero-order valence-corrected chi connectivity index (χ0v) is 14.3. The summed E-state index contributed by atoms with van der Waals surface area (Å²) in [5.41, 5.74) is 3.88. The minimum Gasteiger partial charge on any atom is -0.222 e. The highest BCUT2D eigenvalue weighted by Crippen LogP contribution is 2.26. The molecule has 24 heavy (non-hydrogen) atoms. The fourth-order valence-corrected chi connectivity index (χ4v) is 3.08. The van der Waals surface area contributed by atoms with E-state index in [9.17, 15) is 0 Å². The molecule has 0 N–H and O–H groups in total. The molecule has 120 valence electrons. The summed E-state index contributed by atoms with van der Waals surface area (Å²) in [6.07, 6.45) is 2.27. The molecule has 3 rings (SSSR count). The molecule has 1 heteroatoms. The molecule has 0 radical (unpaired) electrons. The Labute approximate surface area is 144 Å². The highest BCUT2D eigenvalue weighted by Gasteiger charge is 2.25. The molecule has 0 aromatic heterocycles. The molecule has 0 amide bonds. The molecule has 3 aromatic carbocycles. The van der Waals surface area contributed by atoms with Crippen molar-refractivity contribution in [2.24, 2.45) is 0 Å². The smallest absolute Gasteiger partial charge is 0.175 e. The predicted octanol–water partition coefficient (Wildman–Crippen LogP) is 5.64. The molecule has 0 aliphatic heterocycles. The van der Waals surface area contributed by atoms with Crippen LogP contribution in [0.4, 0.5) is 0 Å². The van der Waals surface area contributed by atoms with Crippen LogP contribution in [-0.2, 0) is 0 Å². The Balaban J connectivity index is 2.02. The molecule has 2 atom stereocenters. The van der Waals surface area contributed by atoms with Crippen molar-refractivity contribution in [3.05, 3.63) is 108 Å². The average molecular weight is 314 g/mol. The third kappa shape index (κ3) is 3.80. The van der Waals surface area contributed by atoms with Crippen LogP contribution in [0.3, 0.4) is 0 Å². The van der Waals surface area contributed by atoms with E-state index in [-0.39, 0.29) is 0 Å². The average Bonchev–Trinajstić information content (AvgIpc) is 2.67. The topological polar surface area (TPSA) is 3.01 Å². The first-order chi connectivity index (χ1) is 11.8. The van der Waals surface area contributed by atoms with E-state index in [1.807, 2.05) is 0 Å². The number of hydrogen-bond acceptors (Lipinski definition) is 0. The van der Waals surface area contributed by atoms with Gasteiger partial charge in [-0.05, 0) is 12.1 Å². The molecule has 0 bridgehead atoms. The van der Waals surface area contributed by atoms with Gasteiger partial charge in [-0.1, -0.05) is 78.9 Å². The van der Waals surface area contributed by atoms with Crippen LogP contribution in [0.15, 0.2) is 91.0 Å². The lowest BCUT2D eigenvalue weighted by Gasteiger charge is -2.19. The van der Waals surface area contributed by atoms with Crippen LogP contribution in [0.25, 0.3) is 0 Å². The highest BCUT2D eigenvalue weighted by atomic mass is 15.1. The lowest BCUT2D eigenvalue weighted by Crippen LogP contribution is -2.22. The minimum atomic E-state index is 0.293. The van der Waals surface area contributed by atoms with Gasteiger partial charge in [0.25, 0.3) is 0 Å². The molecule has 0 saturated carbocycles. The Hall–Kier alpha value is -2.67. The van der Waals surface area contributed by atoms with Gasteiger partial charge < -0.3 is 0 Å². The number of benzene rings is 3. The molecule has 0 aliphatic carbocycles. The monoisotopic (exact) mass is 314 g/mol. The normalized spacial score (nSPS) is 13.1. The number of rotatable bonds is 5. The van der Waals surface area contributed by atoms with Crippen molar-refractivity contribution in [2.75, 3.05) is 0 Å². The van der Waals surface area contributed by atoms with Gasteiger partial charge in [0.05, 0.1) is 0 Å². The van der Waals surface area contributed by atoms with E-state index in [4.69, 9.17) is 0 Å². The van der Waals surface area contributed by atoms with Crippen LogP contribution in [0, 0.1) is 0 Å². The Morgan fingerprint density at radius 3 is 1.38 bits per heavy atom. The van der Waals surface area contributed by atoms with Gasteiger partial charge in [-0.2, -0.15) is 0 Å². The van der Waals surface area contributed by atoms with Crippen LogP contribution in [-0.4, -0.2) is 10.8 Å². The summed E-state index contributed by atoms with van der Waals surface area (Å²) in [5, 5.41) is 0. The van der Waals surface area contributed by atoms with Gasteiger partial charge in [0.1, 0.15) is 0 Å². The fourth-order valence-electron chi connectivity index (χ4n) is 3.08. The van der Waals surface area contributed by atoms with Gasteiger partial charge in [-0.25, -0.2) is 4.58 Å². The Morgan fingerprint density at radius 2 is 0.958 bits per heavy atom. The fraction of sp³-hybridized carbons (Fsp3) is 0.174. The quantitative estimate of drug-likeness (QED) is 0.423. The lowest BCUT2D eigenvalue weighted by atomic mass is 10.0. The van der Waals surface area contributed by atoms with Crippen molar-refractivity contribution in [3.63, 3.8) is 0 Å². The molecule has 0 saturated heterocycles. The van der Waals surface area contributed by atoms with E-state index in [1.165, 1.54) is 16.7 Å². The molecule has 3 aromatic rings. The van der Waals surface area contributed by atoms with Crippen molar-refractivity contribution in [2.45, 2.75) is 25.9 Å². The second kappa shape index (κ2) is 7.74. The van der Waals surface area contributed by atoms with Gasteiger partial charge >= 0.3 is 0 Å². The maximum absolute atomic E-state index is 2.44. The van der Waals surface area contributed by atoms with E-state index in [0.29, 0.717) is 12.1 Å². The van der Waals surface area contributed by atoms with Crippen molar-refractivity contribution >= 4 is 6.21 Å². The van der Waals surface area contributed by atoms with Gasteiger partial charge in [-0.3, -0.25) is 0 Å². The second-order valence-electron chi connectivity index (χ2n) is 6.16. The number of hydrogen-bond donors (Lipinski definition) is 0. The third-order valence-corrected chi connectivity index (χ3v) is 4.56. The van der Waals surface area contributed by atoms with E-state index >= 15 is 0 Å². The molecule has 0 heterocycles. The van der Waals surface area contributed by atoms with E-state index in [2.05, 4.69) is 116 Å². The van der Waals surface area contributed by atoms with E-state index < -0.39 is 0 Å². The molecule has 0 spiro atoms.